The van der Waals surface area contributed by atoms with Crippen molar-refractivity contribution in [3.8, 4) is 29.0 Å². The number of benzene rings is 2. The number of nitriles is 1. The van der Waals surface area contributed by atoms with Crippen LogP contribution in [-0.2, 0) is 39.6 Å². The number of aliphatic hydroxyl groups is 2. The molecule has 20 heteroatoms. The second kappa shape index (κ2) is 20.1. The number of hydrogen-bond donors (Lipinski definition) is 3. The number of piperazine rings is 1. The van der Waals surface area contributed by atoms with Crippen molar-refractivity contribution in [2.75, 3.05) is 58.3 Å². The van der Waals surface area contributed by atoms with Gasteiger partial charge in [0, 0.05) is 85.9 Å². The first-order chi connectivity index (χ1) is 34.7. The molecule has 19 nitrogen and oxygen atoms in total. The van der Waals surface area contributed by atoms with Gasteiger partial charge in [0.1, 0.15) is 36.1 Å². The van der Waals surface area contributed by atoms with Crippen LogP contribution < -0.4 is 25.2 Å². The average Bonchev–Trinajstić information content (AvgIpc) is 3.75. The maximum atomic E-state index is 13.8. The maximum Gasteiger partial charge on any atom is 0.415 e. The van der Waals surface area contributed by atoms with Crippen molar-refractivity contribution in [3.63, 3.8) is 0 Å². The molecule has 3 fully saturated rings. The quantitative estimate of drug-likeness (QED) is 0.115. The Balaban J connectivity index is 0.706. The number of carbonyl (C=O) groups excluding carboxylic acids is 3. The number of ether oxygens (including phenoxy) is 3. The minimum Gasteiger partial charge on any atom is -0.490 e. The summed E-state index contributed by atoms with van der Waals surface area (Å²) in [5.41, 5.74) is 2.34. The van der Waals surface area contributed by atoms with E-state index in [0.29, 0.717) is 109 Å². The zero-order valence-corrected chi connectivity index (χ0v) is 41.2. The van der Waals surface area contributed by atoms with Crippen LogP contribution in [0.25, 0.3) is 22.3 Å². The maximum absolute atomic E-state index is 13.8. The first-order valence-electron chi connectivity index (χ1n) is 24.6. The Hall–Kier alpha value is -6.69. The van der Waals surface area contributed by atoms with E-state index < -0.39 is 23.9 Å². The predicted octanol–water partition coefficient (Wildman–Crippen LogP) is 4.99. The molecule has 0 bridgehead atoms. The zero-order chi connectivity index (χ0) is 50.4. The number of carbonyl (C=O) groups is 3. The Morgan fingerprint density at radius 2 is 1.72 bits per heavy atom. The molecule has 2 amide bonds. The van der Waals surface area contributed by atoms with Crippen molar-refractivity contribution in [1.29, 1.82) is 5.26 Å². The molecule has 1 unspecified atom stereocenters. The minimum absolute atomic E-state index is 0.0164. The van der Waals surface area contributed by atoms with Crippen molar-refractivity contribution < 1.29 is 38.8 Å². The van der Waals surface area contributed by atoms with E-state index in [-0.39, 0.29) is 60.2 Å². The van der Waals surface area contributed by atoms with E-state index in [4.69, 9.17) is 36.1 Å². The molecule has 2 atom stereocenters. The van der Waals surface area contributed by atoms with Crippen molar-refractivity contribution in [3.05, 3.63) is 103 Å². The molecule has 72 heavy (non-hydrogen) atoms. The summed E-state index contributed by atoms with van der Waals surface area (Å²) in [4.78, 5) is 66.5. The van der Waals surface area contributed by atoms with E-state index >= 15 is 0 Å². The minimum atomic E-state index is -1.92. The number of esters is 1. The van der Waals surface area contributed by atoms with Crippen molar-refractivity contribution >= 4 is 46.3 Å². The van der Waals surface area contributed by atoms with Crippen LogP contribution in [-0.4, -0.2) is 128 Å². The third-order valence-electron chi connectivity index (χ3n) is 14.8. The second-order valence-electron chi connectivity index (χ2n) is 19.6. The molecule has 5 aliphatic rings. The smallest absolute Gasteiger partial charge is 0.415 e. The summed E-state index contributed by atoms with van der Waals surface area (Å²) in [6.07, 6.45) is 3.09. The predicted molar refractivity (Wildman–Crippen MR) is 264 cm³/mol. The molecule has 376 valence electrons. The molecule has 2 aromatic carbocycles. The molecule has 1 saturated carbocycles. The number of hydrogen-bond acceptors (Lipinski definition) is 16. The highest BCUT2D eigenvalue weighted by atomic mass is 35.5. The number of cyclic esters (lactones) is 1. The molecule has 1 aliphatic carbocycles. The van der Waals surface area contributed by atoms with Crippen LogP contribution in [0.2, 0.25) is 5.02 Å². The molecule has 0 spiro atoms. The van der Waals surface area contributed by atoms with E-state index in [1.165, 1.54) is 0 Å². The fraction of sp³-hybridized carbons (Fsp3) is 0.462. The Morgan fingerprint density at radius 1 is 0.972 bits per heavy atom. The van der Waals surface area contributed by atoms with Crippen molar-refractivity contribution in [1.82, 2.24) is 39.8 Å². The van der Waals surface area contributed by atoms with Gasteiger partial charge in [0.15, 0.2) is 11.4 Å². The topological polar surface area (TPSA) is 229 Å². The van der Waals surface area contributed by atoms with E-state index in [9.17, 15) is 29.4 Å². The summed E-state index contributed by atoms with van der Waals surface area (Å²) >= 11 is 6.17. The first kappa shape index (κ1) is 48.9. The Morgan fingerprint density at radius 3 is 2.40 bits per heavy atom. The summed E-state index contributed by atoms with van der Waals surface area (Å²) in [5.74, 6) is 0.857. The summed E-state index contributed by atoms with van der Waals surface area (Å²) in [6, 6.07) is 18.0. The van der Waals surface area contributed by atoms with E-state index in [1.54, 1.807) is 58.9 Å². The number of aromatic nitrogens is 4. The summed E-state index contributed by atoms with van der Waals surface area (Å²) in [5, 5.41) is 44.6. The van der Waals surface area contributed by atoms with Crippen LogP contribution in [0.5, 0.6) is 11.5 Å². The highest BCUT2D eigenvalue weighted by Crippen LogP contribution is 2.40. The van der Waals surface area contributed by atoms with Gasteiger partial charge >= 0.3 is 12.1 Å². The summed E-state index contributed by atoms with van der Waals surface area (Å²) in [6.45, 7) is 4.81. The molecule has 2 saturated heterocycles. The first-order valence-corrected chi connectivity index (χ1v) is 25.0. The molecule has 3 N–H and O–H groups in total. The van der Waals surface area contributed by atoms with Crippen LogP contribution in [0.3, 0.4) is 0 Å². The third kappa shape index (κ3) is 9.45. The fourth-order valence-electron chi connectivity index (χ4n) is 10.7. The number of fused-ring (bicyclic) bond motifs is 5. The van der Waals surface area contributed by atoms with Gasteiger partial charge in [0.2, 0.25) is 5.91 Å². The van der Waals surface area contributed by atoms with Crippen molar-refractivity contribution in [2.45, 2.75) is 95.5 Å². The largest absolute Gasteiger partial charge is 0.490 e. The number of amides is 2. The highest BCUT2D eigenvalue weighted by Gasteiger charge is 2.45. The van der Waals surface area contributed by atoms with Gasteiger partial charge in [-0.1, -0.05) is 18.5 Å². The van der Waals surface area contributed by atoms with Crippen LogP contribution >= 0.6 is 11.6 Å². The van der Waals surface area contributed by atoms with Gasteiger partial charge in [-0.15, -0.1) is 10.2 Å². The van der Waals surface area contributed by atoms with Crippen LogP contribution in [0.4, 0.5) is 10.6 Å². The molecular weight excluding hydrogens is 944 g/mol. The number of halogens is 1. The Labute approximate surface area is 420 Å². The van der Waals surface area contributed by atoms with Gasteiger partial charge in [0.05, 0.1) is 45.7 Å². The van der Waals surface area contributed by atoms with Gasteiger partial charge in [-0.05, 0) is 108 Å². The van der Waals surface area contributed by atoms with Crippen molar-refractivity contribution in [2.24, 2.45) is 5.92 Å². The van der Waals surface area contributed by atoms with Gasteiger partial charge < -0.3 is 48.6 Å². The average molecular weight is 1000 g/mol. The standard InChI is InChI=1S/C52H57ClN10O9/c1-4-52(69)39-25-43-46-32(27-63(43)49(66)38(39)29-70-50(52)67)23-36-37(28-59(2)3)44(13-11-41(36)56-46)72-51(68)62-21-19-61(20-22-62)48(65)30-15-17-60(18-16-30)45-14-12-42(57-58-45)47(64)55-33-6-9-34(10-7-33)71-35-8-5-31(26-54)40(53)24-35/h5,8,11-14,23-25,30,33-34,47,55,64,69H,4,6-7,9-10,15-22,27-29H2,1-3H3/t33-,34-,47?,52-/m0/s1. The lowest BCUT2D eigenvalue weighted by atomic mass is 9.86. The normalized spacial score (nSPS) is 21.4. The lowest BCUT2D eigenvalue weighted by Crippen LogP contribution is -2.53. The van der Waals surface area contributed by atoms with E-state index in [2.05, 4.69) is 26.5 Å². The SMILES string of the molecule is CC[C@@]1(O)C(=O)OCc2c1cc1n(c2=O)Cc2cc3c(CN(C)C)c(OC(=O)N4CCN(C(=O)C5CCN(c6ccc(C(O)N[C@H]7CC[C@H](Oc8ccc(C#N)c(Cl)c8)CC7)nn6)CC5)CC4)ccc3nc2-1. The van der Waals surface area contributed by atoms with Crippen LogP contribution in [0.15, 0.2) is 59.4 Å². The molecule has 7 heterocycles. The monoisotopic (exact) mass is 1000 g/mol. The number of pyridine rings is 2. The molecule has 4 aliphatic heterocycles. The van der Waals surface area contributed by atoms with Crippen LogP contribution in [0, 0.1) is 17.2 Å². The molecule has 10 rings (SSSR count). The van der Waals surface area contributed by atoms with Crippen LogP contribution in [0.1, 0.15) is 91.6 Å². The van der Waals surface area contributed by atoms with Gasteiger partial charge in [0.25, 0.3) is 5.56 Å². The summed E-state index contributed by atoms with van der Waals surface area (Å²) < 4.78 is 19.0. The Bertz CT molecular complexity index is 3030. The Kier molecular flexibility index (Phi) is 13.6. The highest BCUT2D eigenvalue weighted by molar-refractivity contribution is 6.31. The lowest BCUT2D eigenvalue weighted by Gasteiger charge is -2.38. The number of aliphatic hydroxyl groups excluding tert-OH is 1. The fourth-order valence-corrected chi connectivity index (χ4v) is 10.9. The van der Waals surface area contributed by atoms with E-state index in [0.717, 1.165) is 42.2 Å². The number of piperidine rings is 1. The van der Waals surface area contributed by atoms with E-state index in [1.807, 2.05) is 36.0 Å². The number of nitrogens with one attached hydrogen (secondary N) is 1. The second-order valence-corrected chi connectivity index (χ2v) is 20.0. The molecule has 3 aromatic heterocycles. The van der Waals surface area contributed by atoms with Gasteiger partial charge in [-0.25, -0.2) is 14.6 Å². The zero-order valence-electron chi connectivity index (χ0n) is 40.5. The molecular formula is C52H57ClN10O9. The van der Waals surface area contributed by atoms with Gasteiger partial charge in [-0.2, -0.15) is 5.26 Å². The number of nitrogens with zero attached hydrogens (tertiary/aromatic N) is 9. The third-order valence-corrected chi connectivity index (χ3v) is 15.1. The lowest BCUT2D eigenvalue weighted by molar-refractivity contribution is -0.172. The summed E-state index contributed by atoms with van der Waals surface area (Å²) in [7, 11) is 3.84. The number of anilines is 1. The van der Waals surface area contributed by atoms with Gasteiger partial charge in [-0.3, -0.25) is 14.9 Å². The number of rotatable bonds is 11. The molecule has 5 aromatic rings. The molecule has 0 radical (unpaired) electrons.